The summed E-state index contributed by atoms with van der Waals surface area (Å²) in [6.45, 7) is 2.83. The first kappa shape index (κ1) is 16.7. The number of benzene rings is 1. The van der Waals surface area contributed by atoms with Crippen molar-refractivity contribution in [2.75, 3.05) is 26.4 Å². The summed E-state index contributed by atoms with van der Waals surface area (Å²) in [5.41, 5.74) is 7.48. The fraction of sp³-hybridized carbons (Fsp3) is 0.353. The molecule has 2 rings (SSSR count). The lowest BCUT2D eigenvalue weighted by molar-refractivity contribution is 0.0822. The zero-order valence-corrected chi connectivity index (χ0v) is 13.7. The molecule has 2 N–H and O–H groups in total. The van der Waals surface area contributed by atoms with E-state index < -0.39 is 0 Å². The van der Waals surface area contributed by atoms with E-state index >= 15 is 0 Å². The van der Waals surface area contributed by atoms with E-state index in [0.717, 1.165) is 24.2 Å². The summed E-state index contributed by atoms with van der Waals surface area (Å²) < 4.78 is 5.64. The van der Waals surface area contributed by atoms with Crippen LogP contribution in [-0.2, 0) is 0 Å². The van der Waals surface area contributed by atoms with Crippen molar-refractivity contribution in [1.82, 2.24) is 14.9 Å². The number of hydrogen-bond donors (Lipinski definition) is 1. The monoisotopic (exact) mass is 314 g/mol. The predicted octanol–water partition coefficient (Wildman–Crippen LogP) is 2.61. The van der Waals surface area contributed by atoms with Crippen LogP contribution < -0.4 is 10.5 Å². The first-order valence-corrected chi connectivity index (χ1v) is 7.60. The number of hydrogen-bond acceptors (Lipinski definition) is 5. The van der Waals surface area contributed by atoms with Crippen LogP contribution in [0.25, 0.3) is 11.3 Å². The number of unbranched alkanes of at least 4 members (excludes halogenated alkanes) is 1. The van der Waals surface area contributed by atoms with Gasteiger partial charge in [-0.3, -0.25) is 4.79 Å². The summed E-state index contributed by atoms with van der Waals surface area (Å²) in [5, 5.41) is 0. The summed E-state index contributed by atoms with van der Waals surface area (Å²) in [4.78, 5) is 21.7. The van der Waals surface area contributed by atoms with Gasteiger partial charge in [0, 0.05) is 19.7 Å². The Morgan fingerprint density at radius 3 is 2.52 bits per heavy atom. The third kappa shape index (κ3) is 4.42. The van der Waals surface area contributed by atoms with Crippen molar-refractivity contribution < 1.29 is 9.53 Å². The number of ether oxygens (including phenoxy) is 1. The smallest absolute Gasteiger partial charge is 0.272 e. The highest BCUT2D eigenvalue weighted by atomic mass is 16.5. The first-order chi connectivity index (χ1) is 11.0. The normalized spacial score (nSPS) is 10.4. The van der Waals surface area contributed by atoms with Gasteiger partial charge in [0.05, 0.1) is 12.3 Å². The van der Waals surface area contributed by atoms with E-state index in [0.29, 0.717) is 12.3 Å². The maximum Gasteiger partial charge on any atom is 0.272 e. The van der Waals surface area contributed by atoms with E-state index in [9.17, 15) is 4.79 Å². The highest BCUT2D eigenvalue weighted by Gasteiger charge is 2.13. The lowest BCUT2D eigenvalue weighted by Gasteiger charge is -2.11. The highest BCUT2D eigenvalue weighted by Crippen LogP contribution is 2.22. The Labute approximate surface area is 136 Å². The average Bonchev–Trinajstić information content (AvgIpc) is 2.54. The fourth-order valence-corrected chi connectivity index (χ4v) is 2.01. The number of carbonyl (C=O) groups excluding carboxylic acids is 1. The van der Waals surface area contributed by atoms with Gasteiger partial charge in [-0.05, 0) is 36.8 Å². The topological polar surface area (TPSA) is 81.3 Å². The molecule has 2 aromatic rings. The standard InChI is InChI=1S/C17H22N4O2/c1-4-5-10-23-13-8-6-12(7-9-13)14-11-15(16(22)21(2)3)20-17(18)19-14/h6-9,11H,4-5,10H2,1-3H3,(H2,18,19,20). The van der Waals surface area contributed by atoms with Gasteiger partial charge in [0.1, 0.15) is 11.4 Å². The van der Waals surface area contributed by atoms with E-state index in [4.69, 9.17) is 10.5 Å². The second-order valence-electron chi connectivity index (χ2n) is 5.42. The van der Waals surface area contributed by atoms with Crippen LogP contribution in [0.1, 0.15) is 30.3 Å². The van der Waals surface area contributed by atoms with Crippen LogP contribution in [0.2, 0.25) is 0 Å². The number of carbonyl (C=O) groups is 1. The van der Waals surface area contributed by atoms with Crippen LogP contribution in [0, 0.1) is 0 Å². The molecule has 0 aliphatic carbocycles. The summed E-state index contributed by atoms with van der Waals surface area (Å²) >= 11 is 0. The maximum absolute atomic E-state index is 12.0. The van der Waals surface area contributed by atoms with Crippen LogP contribution in [0.5, 0.6) is 5.75 Å². The van der Waals surface area contributed by atoms with Crippen LogP contribution >= 0.6 is 0 Å². The molecule has 1 aromatic carbocycles. The SMILES string of the molecule is CCCCOc1ccc(-c2cc(C(=O)N(C)C)nc(N)n2)cc1. The molecule has 6 nitrogen and oxygen atoms in total. The van der Waals surface area contributed by atoms with E-state index in [1.54, 1.807) is 20.2 Å². The van der Waals surface area contributed by atoms with Crippen LogP contribution in [-0.4, -0.2) is 41.5 Å². The molecule has 0 fully saturated rings. The minimum atomic E-state index is -0.208. The quantitative estimate of drug-likeness (QED) is 0.829. The molecule has 1 amide bonds. The minimum Gasteiger partial charge on any atom is -0.494 e. The number of nitrogens with two attached hydrogens (primary N) is 1. The Morgan fingerprint density at radius 2 is 1.91 bits per heavy atom. The Hall–Kier alpha value is -2.63. The number of nitrogens with zero attached hydrogens (tertiary/aromatic N) is 3. The maximum atomic E-state index is 12.0. The molecule has 0 atom stereocenters. The molecule has 0 spiro atoms. The molecule has 23 heavy (non-hydrogen) atoms. The van der Waals surface area contributed by atoms with E-state index in [1.807, 2.05) is 24.3 Å². The second-order valence-corrected chi connectivity index (χ2v) is 5.42. The van der Waals surface area contributed by atoms with Crippen molar-refractivity contribution >= 4 is 11.9 Å². The van der Waals surface area contributed by atoms with Gasteiger partial charge in [-0.25, -0.2) is 9.97 Å². The zero-order chi connectivity index (χ0) is 16.8. The van der Waals surface area contributed by atoms with Gasteiger partial charge in [0.25, 0.3) is 5.91 Å². The Kier molecular flexibility index (Phi) is 5.51. The molecule has 0 saturated carbocycles. The fourth-order valence-electron chi connectivity index (χ4n) is 2.01. The molecule has 0 radical (unpaired) electrons. The van der Waals surface area contributed by atoms with Gasteiger partial charge in [0.2, 0.25) is 5.95 Å². The van der Waals surface area contributed by atoms with Crippen LogP contribution in [0.15, 0.2) is 30.3 Å². The lowest BCUT2D eigenvalue weighted by atomic mass is 10.1. The van der Waals surface area contributed by atoms with Crippen molar-refractivity contribution in [3.8, 4) is 17.0 Å². The van der Waals surface area contributed by atoms with Crippen molar-refractivity contribution in [3.63, 3.8) is 0 Å². The molecule has 0 aliphatic rings. The summed E-state index contributed by atoms with van der Waals surface area (Å²) in [6.07, 6.45) is 2.13. The Balaban J connectivity index is 2.22. The second kappa shape index (κ2) is 7.58. The molecular weight excluding hydrogens is 292 g/mol. The molecule has 1 aromatic heterocycles. The lowest BCUT2D eigenvalue weighted by Crippen LogP contribution is -2.23. The third-order valence-corrected chi connectivity index (χ3v) is 3.29. The number of amides is 1. The van der Waals surface area contributed by atoms with Crippen molar-refractivity contribution in [1.29, 1.82) is 0 Å². The van der Waals surface area contributed by atoms with Gasteiger partial charge >= 0.3 is 0 Å². The van der Waals surface area contributed by atoms with Gasteiger partial charge in [-0.15, -0.1) is 0 Å². The average molecular weight is 314 g/mol. The number of rotatable bonds is 6. The van der Waals surface area contributed by atoms with Gasteiger partial charge in [0.15, 0.2) is 0 Å². The number of anilines is 1. The minimum absolute atomic E-state index is 0.0796. The number of aromatic nitrogens is 2. The summed E-state index contributed by atoms with van der Waals surface area (Å²) in [5.74, 6) is 0.685. The van der Waals surface area contributed by atoms with Crippen LogP contribution in [0.3, 0.4) is 0 Å². The molecular formula is C17H22N4O2. The van der Waals surface area contributed by atoms with E-state index in [1.165, 1.54) is 4.90 Å². The van der Waals surface area contributed by atoms with Crippen molar-refractivity contribution in [2.24, 2.45) is 0 Å². The molecule has 0 saturated heterocycles. The van der Waals surface area contributed by atoms with Crippen molar-refractivity contribution in [2.45, 2.75) is 19.8 Å². The zero-order valence-electron chi connectivity index (χ0n) is 13.7. The summed E-state index contributed by atoms with van der Waals surface area (Å²) in [6, 6.07) is 9.21. The summed E-state index contributed by atoms with van der Waals surface area (Å²) in [7, 11) is 3.34. The van der Waals surface area contributed by atoms with Crippen LogP contribution in [0.4, 0.5) is 5.95 Å². The Bertz CT molecular complexity index is 669. The van der Waals surface area contributed by atoms with Crippen molar-refractivity contribution in [3.05, 3.63) is 36.0 Å². The molecule has 1 heterocycles. The highest BCUT2D eigenvalue weighted by molar-refractivity contribution is 5.93. The Morgan fingerprint density at radius 1 is 1.22 bits per heavy atom. The first-order valence-electron chi connectivity index (χ1n) is 7.60. The predicted molar refractivity (Wildman–Crippen MR) is 90.3 cm³/mol. The third-order valence-electron chi connectivity index (χ3n) is 3.29. The van der Waals surface area contributed by atoms with Gasteiger partial charge < -0.3 is 15.4 Å². The molecule has 0 aliphatic heterocycles. The number of nitrogen functional groups attached to an aromatic ring is 1. The molecule has 0 bridgehead atoms. The van der Waals surface area contributed by atoms with Gasteiger partial charge in [-0.2, -0.15) is 0 Å². The molecule has 6 heteroatoms. The van der Waals surface area contributed by atoms with Gasteiger partial charge in [-0.1, -0.05) is 13.3 Å². The largest absolute Gasteiger partial charge is 0.494 e. The van der Waals surface area contributed by atoms with E-state index in [-0.39, 0.29) is 17.5 Å². The molecule has 122 valence electrons. The molecule has 0 unspecified atom stereocenters. The van der Waals surface area contributed by atoms with E-state index in [2.05, 4.69) is 16.9 Å².